The van der Waals surface area contributed by atoms with Crippen LogP contribution in [0.2, 0.25) is 0 Å². The van der Waals surface area contributed by atoms with E-state index in [-0.39, 0.29) is 0 Å². The average Bonchev–Trinajstić information content (AvgIpc) is 2.39. The van der Waals surface area contributed by atoms with E-state index in [9.17, 15) is 5.11 Å². The minimum atomic E-state index is 0.367. The molecule has 0 aliphatic heterocycles. The molecule has 0 fully saturated rings. The van der Waals surface area contributed by atoms with Crippen molar-refractivity contribution in [3.05, 3.63) is 29.8 Å². The van der Waals surface area contributed by atoms with Crippen LogP contribution in [-0.4, -0.2) is 5.11 Å². The second-order valence-electron chi connectivity index (χ2n) is 5.24. The van der Waals surface area contributed by atoms with Gasteiger partial charge in [-0.2, -0.15) is 0 Å². The van der Waals surface area contributed by atoms with Crippen molar-refractivity contribution in [2.75, 3.05) is 0 Å². The Kier molecular flexibility index (Phi) is 8.37. The summed E-state index contributed by atoms with van der Waals surface area (Å²) in [5.74, 6) is 0.367. The lowest BCUT2D eigenvalue weighted by Gasteiger charge is -2.03. The zero-order valence-corrected chi connectivity index (χ0v) is 11.8. The highest BCUT2D eigenvalue weighted by atomic mass is 16.3. The molecule has 0 unspecified atom stereocenters. The van der Waals surface area contributed by atoms with Crippen LogP contribution in [-0.2, 0) is 6.42 Å². The van der Waals surface area contributed by atoms with Crippen molar-refractivity contribution in [3.8, 4) is 5.75 Å². The summed E-state index contributed by atoms with van der Waals surface area (Å²) in [6.45, 7) is 2.27. The van der Waals surface area contributed by atoms with E-state index in [1.807, 2.05) is 12.1 Å². The minimum Gasteiger partial charge on any atom is -0.508 e. The molecule has 0 bridgehead atoms. The Hall–Kier alpha value is -0.980. The van der Waals surface area contributed by atoms with Gasteiger partial charge >= 0.3 is 0 Å². The molecule has 102 valence electrons. The molecule has 0 aliphatic carbocycles. The Morgan fingerprint density at radius 1 is 0.722 bits per heavy atom. The molecule has 1 aromatic rings. The molecular formula is C17H28O. The summed E-state index contributed by atoms with van der Waals surface area (Å²) in [4.78, 5) is 0. The molecular weight excluding hydrogens is 220 g/mol. The van der Waals surface area contributed by atoms with E-state index in [1.54, 1.807) is 12.1 Å². The summed E-state index contributed by atoms with van der Waals surface area (Å²) in [6.07, 6.45) is 13.6. The van der Waals surface area contributed by atoms with Crippen LogP contribution in [0.15, 0.2) is 24.3 Å². The molecule has 1 heteroatoms. The van der Waals surface area contributed by atoms with Gasteiger partial charge in [-0.05, 0) is 30.5 Å². The fourth-order valence-corrected chi connectivity index (χ4v) is 2.30. The zero-order chi connectivity index (χ0) is 13.1. The molecule has 18 heavy (non-hydrogen) atoms. The maximum atomic E-state index is 9.19. The maximum absolute atomic E-state index is 9.19. The van der Waals surface area contributed by atoms with Crippen molar-refractivity contribution in [2.24, 2.45) is 0 Å². The first-order valence-electron chi connectivity index (χ1n) is 7.61. The van der Waals surface area contributed by atoms with Crippen molar-refractivity contribution >= 4 is 0 Å². The third-order valence-corrected chi connectivity index (χ3v) is 3.51. The van der Waals surface area contributed by atoms with Crippen LogP contribution >= 0.6 is 0 Å². The number of aromatic hydroxyl groups is 1. The van der Waals surface area contributed by atoms with Gasteiger partial charge in [0.15, 0.2) is 0 Å². The quantitative estimate of drug-likeness (QED) is 0.545. The summed E-state index contributed by atoms with van der Waals surface area (Å²) in [5.41, 5.74) is 1.34. The minimum absolute atomic E-state index is 0.367. The number of aryl methyl sites for hydroxylation is 1. The lowest BCUT2D eigenvalue weighted by atomic mass is 10.0. The number of hydrogen-bond acceptors (Lipinski definition) is 1. The number of phenols is 1. The highest BCUT2D eigenvalue weighted by Crippen LogP contribution is 2.14. The molecule has 0 aliphatic rings. The Morgan fingerprint density at radius 2 is 1.22 bits per heavy atom. The SMILES string of the molecule is CCCCCCCCCCCc1ccc(O)cc1. The van der Waals surface area contributed by atoms with Gasteiger partial charge in [0.1, 0.15) is 5.75 Å². The van der Waals surface area contributed by atoms with Crippen LogP contribution in [0.25, 0.3) is 0 Å². The molecule has 0 aromatic heterocycles. The van der Waals surface area contributed by atoms with Crippen molar-refractivity contribution in [1.29, 1.82) is 0 Å². The summed E-state index contributed by atoms with van der Waals surface area (Å²) >= 11 is 0. The van der Waals surface area contributed by atoms with E-state index < -0.39 is 0 Å². The van der Waals surface area contributed by atoms with E-state index in [2.05, 4.69) is 6.92 Å². The van der Waals surface area contributed by atoms with Crippen LogP contribution in [0.3, 0.4) is 0 Å². The molecule has 0 heterocycles. The highest BCUT2D eigenvalue weighted by Gasteiger charge is 1.95. The topological polar surface area (TPSA) is 20.2 Å². The zero-order valence-electron chi connectivity index (χ0n) is 11.8. The Morgan fingerprint density at radius 3 is 1.78 bits per heavy atom. The first-order valence-corrected chi connectivity index (χ1v) is 7.61. The van der Waals surface area contributed by atoms with Crippen LogP contribution < -0.4 is 0 Å². The summed E-state index contributed by atoms with van der Waals surface area (Å²) in [5, 5.41) is 9.19. The molecule has 0 amide bonds. The van der Waals surface area contributed by atoms with E-state index in [0.717, 1.165) is 6.42 Å². The number of unbranched alkanes of at least 4 members (excludes halogenated alkanes) is 8. The van der Waals surface area contributed by atoms with Crippen molar-refractivity contribution < 1.29 is 5.11 Å². The van der Waals surface area contributed by atoms with Crippen LogP contribution in [0.4, 0.5) is 0 Å². The molecule has 1 rings (SSSR count). The van der Waals surface area contributed by atoms with Gasteiger partial charge in [-0.25, -0.2) is 0 Å². The highest BCUT2D eigenvalue weighted by molar-refractivity contribution is 5.25. The number of benzene rings is 1. The number of hydrogen-bond donors (Lipinski definition) is 1. The predicted molar refractivity (Wildman–Crippen MR) is 79.0 cm³/mol. The molecule has 0 spiro atoms. The Bertz CT molecular complexity index is 289. The molecule has 0 radical (unpaired) electrons. The second kappa shape index (κ2) is 9.99. The van der Waals surface area contributed by atoms with Crippen LogP contribution in [0.1, 0.15) is 70.3 Å². The van der Waals surface area contributed by atoms with Gasteiger partial charge in [-0.3, -0.25) is 0 Å². The fourth-order valence-electron chi connectivity index (χ4n) is 2.30. The van der Waals surface area contributed by atoms with Gasteiger partial charge in [0.2, 0.25) is 0 Å². The molecule has 1 N–H and O–H groups in total. The first kappa shape index (κ1) is 15.1. The molecule has 1 aromatic carbocycles. The third-order valence-electron chi connectivity index (χ3n) is 3.51. The van der Waals surface area contributed by atoms with Gasteiger partial charge in [0.25, 0.3) is 0 Å². The normalized spacial score (nSPS) is 10.7. The molecule has 0 saturated heterocycles. The number of rotatable bonds is 10. The first-order chi connectivity index (χ1) is 8.83. The summed E-state index contributed by atoms with van der Waals surface area (Å²) in [7, 11) is 0. The van der Waals surface area contributed by atoms with Gasteiger partial charge in [-0.15, -0.1) is 0 Å². The van der Waals surface area contributed by atoms with Crippen molar-refractivity contribution in [3.63, 3.8) is 0 Å². The van der Waals surface area contributed by atoms with Crippen LogP contribution in [0, 0.1) is 0 Å². The third kappa shape index (κ3) is 7.37. The molecule has 0 atom stereocenters. The van der Waals surface area contributed by atoms with E-state index in [1.165, 1.54) is 63.4 Å². The lowest BCUT2D eigenvalue weighted by Crippen LogP contribution is -1.86. The van der Waals surface area contributed by atoms with Crippen molar-refractivity contribution in [1.82, 2.24) is 0 Å². The summed E-state index contributed by atoms with van der Waals surface area (Å²) < 4.78 is 0. The number of phenolic OH excluding ortho intramolecular Hbond substituents is 1. The Labute approximate surface area is 112 Å². The van der Waals surface area contributed by atoms with Crippen molar-refractivity contribution in [2.45, 2.75) is 71.1 Å². The standard InChI is InChI=1S/C17H28O/c1-2-3-4-5-6-7-8-9-10-11-16-12-14-17(18)15-13-16/h12-15,18H,2-11H2,1H3. The van der Waals surface area contributed by atoms with Crippen LogP contribution in [0.5, 0.6) is 5.75 Å². The maximum Gasteiger partial charge on any atom is 0.115 e. The van der Waals surface area contributed by atoms with E-state index in [0.29, 0.717) is 5.75 Å². The second-order valence-corrected chi connectivity index (χ2v) is 5.24. The fraction of sp³-hybridized carbons (Fsp3) is 0.647. The predicted octanol–water partition coefficient (Wildman–Crippen LogP) is 5.47. The molecule has 1 nitrogen and oxygen atoms in total. The van der Waals surface area contributed by atoms with E-state index >= 15 is 0 Å². The lowest BCUT2D eigenvalue weighted by molar-refractivity contribution is 0.475. The monoisotopic (exact) mass is 248 g/mol. The smallest absolute Gasteiger partial charge is 0.115 e. The van der Waals surface area contributed by atoms with E-state index in [4.69, 9.17) is 0 Å². The Balaban J connectivity index is 1.91. The summed E-state index contributed by atoms with van der Waals surface area (Å²) in [6, 6.07) is 7.62. The van der Waals surface area contributed by atoms with Gasteiger partial charge in [0.05, 0.1) is 0 Å². The van der Waals surface area contributed by atoms with Gasteiger partial charge in [0, 0.05) is 0 Å². The van der Waals surface area contributed by atoms with Gasteiger partial charge < -0.3 is 5.11 Å². The molecule has 0 saturated carbocycles. The van der Waals surface area contributed by atoms with Gasteiger partial charge in [-0.1, -0.05) is 70.4 Å². The largest absolute Gasteiger partial charge is 0.508 e. The average molecular weight is 248 g/mol.